The van der Waals surface area contributed by atoms with Crippen LogP contribution in [0.15, 0.2) is 55.3 Å². The molecule has 0 amide bonds. The van der Waals surface area contributed by atoms with Gasteiger partial charge in [0.05, 0.1) is 11.0 Å². The van der Waals surface area contributed by atoms with Gasteiger partial charge in [-0.05, 0) is 24.3 Å². The molecular formula is C15H12N2. The fourth-order valence-electron chi connectivity index (χ4n) is 2.04. The van der Waals surface area contributed by atoms with Crippen LogP contribution in [0.25, 0.3) is 21.8 Å². The first kappa shape index (κ1) is 9.97. The van der Waals surface area contributed by atoms with E-state index in [1.807, 2.05) is 30.5 Å². The Morgan fingerprint density at radius 3 is 2.88 bits per heavy atom. The molecule has 82 valence electrons. The highest BCUT2D eigenvalue weighted by Gasteiger charge is 2.02. The van der Waals surface area contributed by atoms with Crippen LogP contribution in [0.2, 0.25) is 0 Å². The van der Waals surface area contributed by atoms with Crippen LogP contribution in [-0.2, 0) is 6.42 Å². The van der Waals surface area contributed by atoms with Gasteiger partial charge < -0.3 is 0 Å². The summed E-state index contributed by atoms with van der Waals surface area (Å²) in [5, 5.41) is 2.26. The molecule has 17 heavy (non-hydrogen) atoms. The third-order valence-corrected chi connectivity index (χ3v) is 2.85. The largest absolute Gasteiger partial charge is 0.256 e. The van der Waals surface area contributed by atoms with Crippen molar-refractivity contribution in [3.8, 4) is 0 Å². The molecule has 0 radical (unpaired) electrons. The summed E-state index contributed by atoms with van der Waals surface area (Å²) in [4.78, 5) is 9.03. The lowest BCUT2D eigenvalue weighted by Gasteiger charge is -2.04. The van der Waals surface area contributed by atoms with E-state index < -0.39 is 0 Å². The van der Waals surface area contributed by atoms with Gasteiger partial charge >= 0.3 is 0 Å². The Morgan fingerprint density at radius 2 is 2.00 bits per heavy atom. The maximum absolute atomic E-state index is 4.68. The molecule has 0 spiro atoms. The van der Waals surface area contributed by atoms with Crippen LogP contribution in [0.5, 0.6) is 0 Å². The van der Waals surface area contributed by atoms with Crippen molar-refractivity contribution in [2.45, 2.75) is 6.42 Å². The first-order valence-corrected chi connectivity index (χ1v) is 5.63. The van der Waals surface area contributed by atoms with Crippen molar-refractivity contribution in [1.82, 2.24) is 9.97 Å². The third-order valence-electron chi connectivity index (χ3n) is 2.85. The summed E-state index contributed by atoms with van der Waals surface area (Å²) in [6.45, 7) is 3.75. The molecule has 0 unspecified atom stereocenters. The second-order valence-corrected chi connectivity index (χ2v) is 4.00. The summed E-state index contributed by atoms with van der Waals surface area (Å²) >= 11 is 0. The fourth-order valence-corrected chi connectivity index (χ4v) is 2.04. The molecule has 0 aliphatic heterocycles. The molecule has 3 rings (SSSR count). The molecule has 0 fully saturated rings. The summed E-state index contributed by atoms with van der Waals surface area (Å²) in [6, 6.07) is 12.3. The predicted octanol–water partition coefficient (Wildman–Crippen LogP) is 3.51. The monoisotopic (exact) mass is 220 g/mol. The maximum atomic E-state index is 4.68. The van der Waals surface area contributed by atoms with E-state index in [1.165, 1.54) is 0 Å². The van der Waals surface area contributed by atoms with Crippen molar-refractivity contribution >= 4 is 21.8 Å². The number of benzene rings is 1. The lowest BCUT2D eigenvalue weighted by molar-refractivity contribution is 1.15. The van der Waals surface area contributed by atoms with Gasteiger partial charge in [0, 0.05) is 29.1 Å². The number of hydrogen-bond donors (Lipinski definition) is 0. The Kier molecular flexibility index (Phi) is 2.33. The molecular weight excluding hydrogens is 208 g/mol. The molecule has 2 heteroatoms. The summed E-state index contributed by atoms with van der Waals surface area (Å²) in [5.41, 5.74) is 3.06. The topological polar surface area (TPSA) is 25.8 Å². The SMILES string of the molecule is C=CCc1ccc2ccc3ncccc3c2n1. The number of hydrogen-bond acceptors (Lipinski definition) is 2. The van der Waals surface area contributed by atoms with E-state index in [9.17, 15) is 0 Å². The molecule has 0 aliphatic rings. The van der Waals surface area contributed by atoms with Gasteiger partial charge in [0.15, 0.2) is 0 Å². The maximum Gasteiger partial charge on any atom is 0.0799 e. The minimum Gasteiger partial charge on any atom is -0.256 e. The fraction of sp³-hybridized carbons (Fsp3) is 0.0667. The quantitative estimate of drug-likeness (QED) is 0.488. The Labute approximate surface area is 99.6 Å². The number of pyridine rings is 2. The first-order chi connectivity index (χ1) is 8.38. The predicted molar refractivity (Wildman–Crippen MR) is 70.9 cm³/mol. The lowest BCUT2D eigenvalue weighted by Crippen LogP contribution is -1.89. The molecule has 2 aromatic heterocycles. The molecule has 0 aliphatic carbocycles. The number of allylic oxidation sites excluding steroid dienone is 1. The molecule has 0 atom stereocenters. The third kappa shape index (κ3) is 1.68. The summed E-state index contributed by atoms with van der Waals surface area (Å²) in [5.74, 6) is 0. The minimum atomic E-state index is 0.798. The van der Waals surface area contributed by atoms with Crippen molar-refractivity contribution in [3.63, 3.8) is 0 Å². The molecule has 3 aromatic rings. The van der Waals surface area contributed by atoms with Crippen molar-refractivity contribution in [1.29, 1.82) is 0 Å². The van der Waals surface area contributed by atoms with Gasteiger partial charge in [-0.1, -0.05) is 18.2 Å². The van der Waals surface area contributed by atoms with Crippen LogP contribution < -0.4 is 0 Å². The van der Waals surface area contributed by atoms with E-state index in [4.69, 9.17) is 0 Å². The van der Waals surface area contributed by atoms with Crippen molar-refractivity contribution in [2.24, 2.45) is 0 Å². The van der Waals surface area contributed by atoms with E-state index in [0.717, 1.165) is 33.9 Å². The van der Waals surface area contributed by atoms with E-state index >= 15 is 0 Å². The molecule has 0 saturated carbocycles. The number of rotatable bonds is 2. The van der Waals surface area contributed by atoms with Crippen LogP contribution in [-0.4, -0.2) is 9.97 Å². The molecule has 0 saturated heterocycles. The number of fused-ring (bicyclic) bond motifs is 3. The van der Waals surface area contributed by atoms with Gasteiger partial charge in [0.1, 0.15) is 0 Å². The zero-order valence-corrected chi connectivity index (χ0v) is 9.43. The second kappa shape index (κ2) is 3.98. The molecule has 1 aromatic carbocycles. The van der Waals surface area contributed by atoms with Crippen LogP contribution >= 0.6 is 0 Å². The van der Waals surface area contributed by atoms with Crippen LogP contribution in [0.1, 0.15) is 5.69 Å². The Balaban J connectivity index is 2.38. The van der Waals surface area contributed by atoms with E-state index in [1.54, 1.807) is 0 Å². The van der Waals surface area contributed by atoms with E-state index in [0.29, 0.717) is 0 Å². The van der Waals surface area contributed by atoms with Crippen LogP contribution in [0.3, 0.4) is 0 Å². The Hall–Kier alpha value is -2.22. The minimum absolute atomic E-state index is 0.798. The van der Waals surface area contributed by atoms with Gasteiger partial charge in [0.2, 0.25) is 0 Å². The van der Waals surface area contributed by atoms with Gasteiger partial charge in [-0.2, -0.15) is 0 Å². The van der Waals surface area contributed by atoms with Gasteiger partial charge in [-0.3, -0.25) is 9.97 Å². The summed E-state index contributed by atoms with van der Waals surface area (Å²) in [6.07, 6.45) is 4.48. The van der Waals surface area contributed by atoms with Crippen molar-refractivity contribution < 1.29 is 0 Å². The Morgan fingerprint density at radius 1 is 1.12 bits per heavy atom. The smallest absolute Gasteiger partial charge is 0.0799 e. The molecule has 2 heterocycles. The zero-order valence-electron chi connectivity index (χ0n) is 9.43. The highest BCUT2D eigenvalue weighted by Crippen LogP contribution is 2.22. The molecule has 0 bridgehead atoms. The lowest BCUT2D eigenvalue weighted by atomic mass is 10.1. The van der Waals surface area contributed by atoms with Gasteiger partial charge in [-0.25, -0.2) is 0 Å². The average molecular weight is 220 g/mol. The summed E-state index contributed by atoms with van der Waals surface area (Å²) < 4.78 is 0. The second-order valence-electron chi connectivity index (χ2n) is 4.00. The van der Waals surface area contributed by atoms with Gasteiger partial charge in [0.25, 0.3) is 0 Å². The molecule has 0 N–H and O–H groups in total. The highest BCUT2D eigenvalue weighted by molar-refractivity contribution is 6.03. The molecule has 2 nitrogen and oxygen atoms in total. The van der Waals surface area contributed by atoms with E-state index in [-0.39, 0.29) is 0 Å². The summed E-state index contributed by atoms with van der Waals surface area (Å²) in [7, 11) is 0. The Bertz CT molecular complexity index is 701. The van der Waals surface area contributed by atoms with Crippen molar-refractivity contribution in [2.75, 3.05) is 0 Å². The normalized spacial score (nSPS) is 10.8. The van der Waals surface area contributed by atoms with Crippen LogP contribution in [0.4, 0.5) is 0 Å². The van der Waals surface area contributed by atoms with E-state index in [2.05, 4.69) is 34.7 Å². The number of nitrogens with zero attached hydrogens (tertiary/aromatic N) is 2. The highest BCUT2D eigenvalue weighted by atomic mass is 14.7. The standard InChI is InChI=1S/C15H12N2/c1-2-4-12-8-6-11-7-9-14-13(15(11)17-12)5-3-10-16-14/h2-3,5-10H,1,4H2. The van der Waals surface area contributed by atoms with Crippen molar-refractivity contribution in [3.05, 3.63) is 60.9 Å². The average Bonchev–Trinajstić information content (AvgIpc) is 2.39. The van der Waals surface area contributed by atoms with Crippen LogP contribution in [0, 0.1) is 0 Å². The first-order valence-electron chi connectivity index (χ1n) is 5.63. The van der Waals surface area contributed by atoms with Gasteiger partial charge in [-0.15, -0.1) is 6.58 Å². The number of aromatic nitrogens is 2. The zero-order chi connectivity index (χ0) is 11.7.